The fourth-order valence-electron chi connectivity index (χ4n) is 3.63. The second kappa shape index (κ2) is 5.16. The van der Waals surface area contributed by atoms with Crippen molar-refractivity contribution in [3.8, 4) is 0 Å². The van der Waals surface area contributed by atoms with Crippen LogP contribution in [-0.2, 0) is 0 Å². The van der Waals surface area contributed by atoms with E-state index in [9.17, 15) is 4.79 Å². The molecular weight excluding hydrogens is 236 g/mol. The van der Waals surface area contributed by atoms with E-state index in [4.69, 9.17) is 0 Å². The lowest BCUT2D eigenvalue weighted by Gasteiger charge is -2.21. The van der Waals surface area contributed by atoms with Crippen molar-refractivity contribution in [2.45, 2.75) is 32.6 Å². The number of amides is 1. The van der Waals surface area contributed by atoms with Gasteiger partial charge in [0.05, 0.1) is 0 Å². The Morgan fingerprint density at radius 2 is 2.00 bits per heavy atom. The van der Waals surface area contributed by atoms with Gasteiger partial charge >= 0.3 is 0 Å². The van der Waals surface area contributed by atoms with Crippen molar-refractivity contribution in [1.82, 2.24) is 5.43 Å². The summed E-state index contributed by atoms with van der Waals surface area (Å²) in [6, 6.07) is 9.23. The van der Waals surface area contributed by atoms with E-state index in [1.807, 2.05) is 18.2 Å². The van der Waals surface area contributed by atoms with Crippen molar-refractivity contribution in [2.24, 2.45) is 22.9 Å². The molecular formula is C16H20N2O. The predicted octanol–water partition coefficient (Wildman–Crippen LogP) is 3.23. The summed E-state index contributed by atoms with van der Waals surface area (Å²) in [6.45, 7) is 2.05. The molecule has 2 fully saturated rings. The van der Waals surface area contributed by atoms with Gasteiger partial charge in [-0.15, -0.1) is 0 Å². The zero-order valence-corrected chi connectivity index (χ0v) is 11.3. The minimum atomic E-state index is -0.122. The molecule has 1 aromatic carbocycles. The molecule has 0 saturated heterocycles. The van der Waals surface area contributed by atoms with Crippen LogP contribution in [0, 0.1) is 17.8 Å². The van der Waals surface area contributed by atoms with E-state index in [0.717, 1.165) is 17.5 Å². The standard InChI is InChI=1S/C16H20N2O/c1-11(15-10-12-7-8-14(15)9-12)17-18-16(19)13-5-3-2-4-6-13/h2-6,12,14-15H,7-10H2,1H3,(H,18,19). The number of carbonyl (C=O) groups is 1. The van der Waals surface area contributed by atoms with E-state index in [1.54, 1.807) is 12.1 Å². The minimum Gasteiger partial charge on any atom is -0.267 e. The number of nitrogens with one attached hydrogen (secondary N) is 1. The second-order valence-corrected chi connectivity index (χ2v) is 5.84. The zero-order chi connectivity index (χ0) is 13.2. The molecule has 1 aromatic rings. The van der Waals surface area contributed by atoms with Crippen LogP contribution >= 0.6 is 0 Å². The Balaban J connectivity index is 1.62. The van der Waals surface area contributed by atoms with E-state index in [0.29, 0.717) is 11.5 Å². The molecule has 100 valence electrons. The van der Waals surface area contributed by atoms with Gasteiger partial charge in [-0.05, 0) is 50.2 Å². The Labute approximate surface area is 114 Å². The first-order chi connectivity index (χ1) is 9.24. The van der Waals surface area contributed by atoms with Gasteiger partial charge in [-0.3, -0.25) is 4.79 Å². The van der Waals surface area contributed by atoms with Gasteiger partial charge in [-0.25, -0.2) is 5.43 Å². The van der Waals surface area contributed by atoms with Crippen LogP contribution in [-0.4, -0.2) is 11.6 Å². The highest BCUT2D eigenvalue weighted by molar-refractivity contribution is 5.95. The molecule has 0 aromatic heterocycles. The van der Waals surface area contributed by atoms with Gasteiger partial charge in [-0.2, -0.15) is 5.10 Å². The summed E-state index contributed by atoms with van der Waals surface area (Å²) >= 11 is 0. The van der Waals surface area contributed by atoms with Crippen LogP contribution in [0.15, 0.2) is 35.4 Å². The summed E-state index contributed by atoms with van der Waals surface area (Å²) in [5, 5.41) is 4.32. The monoisotopic (exact) mass is 256 g/mol. The molecule has 2 bridgehead atoms. The van der Waals surface area contributed by atoms with Crippen molar-refractivity contribution < 1.29 is 4.79 Å². The van der Waals surface area contributed by atoms with Crippen LogP contribution in [0.25, 0.3) is 0 Å². The van der Waals surface area contributed by atoms with Crippen LogP contribution in [0.3, 0.4) is 0 Å². The van der Waals surface area contributed by atoms with Crippen molar-refractivity contribution in [3.63, 3.8) is 0 Å². The maximum atomic E-state index is 11.9. The normalized spacial score (nSPS) is 29.5. The Morgan fingerprint density at radius 3 is 2.63 bits per heavy atom. The molecule has 2 saturated carbocycles. The molecule has 0 aliphatic heterocycles. The summed E-state index contributed by atoms with van der Waals surface area (Å²) in [7, 11) is 0. The summed E-state index contributed by atoms with van der Waals surface area (Å²) in [4.78, 5) is 11.9. The molecule has 1 N–H and O–H groups in total. The van der Waals surface area contributed by atoms with Crippen molar-refractivity contribution in [2.75, 3.05) is 0 Å². The number of hydrogen-bond acceptors (Lipinski definition) is 2. The lowest BCUT2D eigenvalue weighted by molar-refractivity contribution is 0.0954. The van der Waals surface area contributed by atoms with Gasteiger partial charge in [-0.1, -0.05) is 24.6 Å². The van der Waals surface area contributed by atoms with Gasteiger partial charge in [0.25, 0.3) is 5.91 Å². The Morgan fingerprint density at radius 1 is 1.21 bits per heavy atom. The highest BCUT2D eigenvalue weighted by Crippen LogP contribution is 2.48. The zero-order valence-electron chi connectivity index (χ0n) is 11.3. The first-order valence-electron chi connectivity index (χ1n) is 7.13. The van der Waals surface area contributed by atoms with E-state index in [2.05, 4.69) is 17.5 Å². The quantitative estimate of drug-likeness (QED) is 0.654. The summed E-state index contributed by atoms with van der Waals surface area (Å²) < 4.78 is 0. The molecule has 3 heteroatoms. The molecule has 3 unspecified atom stereocenters. The molecule has 3 rings (SSSR count). The van der Waals surface area contributed by atoms with Crippen LogP contribution in [0.2, 0.25) is 0 Å². The largest absolute Gasteiger partial charge is 0.271 e. The Hall–Kier alpha value is -1.64. The van der Waals surface area contributed by atoms with E-state index >= 15 is 0 Å². The second-order valence-electron chi connectivity index (χ2n) is 5.84. The average molecular weight is 256 g/mol. The van der Waals surface area contributed by atoms with Crippen LogP contribution in [0.5, 0.6) is 0 Å². The first-order valence-corrected chi connectivity index (χ1v) is 7.13. The third kappa shape index (κ3) is 2.55. The number of benzene rings is 1. The molecule has 1 amide bonds. The van der Waals surface area contributed by atoms with E-state index < -0.39 is 0 Å². The molecule has 0 radical (unpaired) electrons. The van der Waals surface area contributed by atoms with Gasteiger partial charge in [0.15, 0.2) is 0 Å². The summed E-state index contributed by atoms with van der Waals surface area (Å²) in [5.41, 5.74) is 4.44. The van der Waals surface area contributed by atoms with E-state index in [-0.39, 0.29) is 5.91 Å². The van der Waals surface area contributed by atoms with Gasteiger partial charge in [0.2, 0.25) is 0 Å². The maximum absolute atomic E-state index is 11.9. The average Bonchev–Trinajstić information content (AvgIpc) is 3.08. The third-order valence-electron chi connectivity index (χ3n) is 4.64. The highest BCUT2D eigenvalue weighted by atomic mass is 16.2. The van der Waals surface area contributed by atoms with Crippen LogP contribution < -0.4 is 5.43 Å². The molecule has 2 aliphatic carbocycles. The fourth-order valence-corrected chi connectivity index (χ4v) is 3.63. The predicted molar refractivity (Wildman–Crippen MR) is 76.0 cm³/mol. The first kappa shape index (κ1) is 12.4. The number of hydrogen-bond donors (Lipinski definition) is 1. The van der Waals surface area contributed by atoms with Gasteiger partial charge in [0, 0.05) is 17.2 Å². The lowest BCUT2D eigenvalue weighted by atomic mass is 9.86. The Kier molecular flexibility index (Phi) is 3.36. The molecule has 3 atom stereocenters. The van der Waals surface area contributed by atoms with Crippen LogP contribution in [0.4, 0.5) is 0 Å². The topological polar surface area (TPSA) is 41.5 Å². The van der Waals surface area contributed by atoms with Crippen molar-refractivity contribution in [3.05, 3.63) is 35.9 Å². The molecule has 3 nitrogen and oxygen atoms in total. The smallest absolute Gasteiger partial charge is 0.267 e. The third-order valence-corrected chi connectivity index (χ3v) is 4.64. The molecule has 0 heterocycles. The maximum Gasteiger partial charge on any atom is 0.271 e. The number of rotatable bonds is 3. The van der Waals surface area contributed by atoms with Gasteiger partial charge < -0.3 is 0 Å². The Bertz CT molecular complexity index is 495. The minimum absolute atomic E-state index is 0.122. The highest BCUT2D eigenvalue weighted by Gasteiger charge is 2.40. The van der Waals surface area contributed by atoms with Gasteiger partial charge in [0.1, 0.15) is 0 Å². The molecule has 2 aliphatic rings. The van der Waals surface area contributed by atoms with Crippen molar-refractivity contribution in [1.29, 1.82) is 0 Å². The lowest BCUT2D eigenvalue weighted by Crippen LogP contribution is -2.24. The summed E-state index contributed by atoms with van der Waals surface area (Å²) in [5.74, 6) is 2.19. The number of carbonyl (C=O) groups excluding carboxylic acids is 1. The summed E-state index contributed by atoms with van der Waals surface area (Å²) in [6.07, 6.45) is 5.37. The number of hydrazone groups is 1. The molecule has 19 heavy (non-hydrogen) atoms. The fraction of sp³-hybridized carbons (Fsp3) is 0.500. The van der Waals surface area contributed by atoms with Crippen LogP contribution in [0.1, 0.15) is 43.0 Å². The van der Waals surface area contributed by atoms with Crippen molar-refractivity contribution >= 4 is 11.6 Å². The molecule has 0 spiro atoms. The SMILES string of the molecule is CC(=NNC(=O)c1ccccc1)C1CC2CCC1C2. The van der Waals surface area contributed by atoms with E-state index in [1.165, 1.54) is 25.7 Å². The number of fused-ring (bicyclic) bond motifs is 2. The number of nitrogens with zero attached hydrogens (tertiary/aromatic N) is 1.